The van der Waals surface area contributed by atoms with E-state index < -0.39 is 36.0 Å². The van der Waals surface area contributed by atoms with Crippen LogP contribution < -0.4 is 16.0 Å². The maximum Gasteiger partial charge on any atom is 0.409 e. The Morgan fingerprint density at radius 2 is 2.00 bits per heavy atom. The van der Waals surface area contributed by atoms with Crippen LogP contribution in [-0.4, -0.2) is 29.6 Å². The molecule has 0 aliphatic carbocycles. The summed E-state index contributed by atoms with van der Waals surface area (Å²) in [6.07, 6.45) is -5.07. The van der Waals surface area contributed by atoms with Gasteiger partial charge in [0.2, 0.25) is 0 Å². The van der Waals surface area contributed by atoms with Crippen LogP contribution in [0.3, 0.4) is 0 Å². The number of alkyl halides is 3. The summed E-state index contributed by atoms with van der Waals surface area (Å²) in [5, 5.41) is 6.22. The molecule has 1 aliphatic rings. The predicted molar refractivity (Wildman–Crippen MR) is 63.6 cm³/mol. The van der Waals surface area contributed by atoms with Gasteiger partial charge in [0.1, 0.15) is 11.3 Å². The summed E-state index contributed by atoms with van der Waals surface area (Å²) in [6.45, 7) is 4.71. The van der Waals surface area contributed by atoms with Crippen molar-refractivity contribution in [2.75, 3.05) is 0 Å². The van der Waals surface area contributed by atoms with Gasteiger partial charge in [0.25, 0.3) is 0 Å². The van der Waals surface area contributed by atoms with Crippen LogP contribution in [0.4, 0.5) is 22.8 Å². The molecule has 1 atom stereocenters. The van der Waals surface area contributed by atoms with Gasteiger partial charge in [-0.3, -0.25) is 5.32 Å². The van der Waals surface area contributed by atoms with Crippen LogP contribution in [-0.2, 0) is 4.74 Å². The topological polar surface area (TPSA) is 79.5 Å². The quantitative estimate of drug-likeness (QED) is 0.729. The van der Waals surface area contributed by atoms with E-state index >= 15 is 0 Å². The van der Waals surface area contributed by atoms with Crippen molar-refractivity contribution in [3.8, 4) is 0 Å². The molecule has 1 rings (SSSR count). The molecule has 20 heavy (non-hydrogen) atoms. The van der Waals surface area contributed by atoms with E-state index in [-0.39, 0.29) is 0 Å². The van der Waals surface area contributed by atoms with Crippen molar-refractivity contribution < 1.29 is 27.5 Å². The third kappa shape index (κ3) is 5.37. The molecular weight excluding hydrogens is 279 g/mol. The Morgan fingerprint density at radius 3 is 2.45 bits per heavy atom. The average molecular weight is 295 g/mol. The lowest BCUT2D eigenvalue weighted by molar-refractivity contribution is -0.147. The maximum absolute atomic E-state index is 12.6. The summed E-state index contributed by atoms with van der Waals surface area (Å²) in [5.74, 6) is 0. The van der Waals surface area contributed by atoms with E-state index in [9.17, 15) is 22.8 Å². The Bertz CT molecular complexity index is 429. The number of nitrogens with one attached hydrogen (secondary N) is 3. The zero-order chi connectivity index (χ0) is 15.6. The van der Waals surface area contributed by atoms with E-state index in [4.69, 9.17) is 4.74 Å². The molecule has 3 amide bonds. The van der Waals surface area contributed by atoms with Gasteiger partial charge in [-0.05, 0) is 26.8 Å². The number of rotatable bonds is 2. The minimum atomic E-state index is -4.59. The van der Waals surface area contributed by atoms with Gasteiger partial charge in [0.05, 0.1) is 6.42 Å². The summed E-state index contributed by atoms with van der Waals surface area (Å²) in [6, 6.07) is -0.854. The Labute approximate surface area is 113 Å². The Morgan fingerprint density at radius 1 is 1.40 bits per heavy atom. The fourth-order valence-corrected chi connectivity index (χ4v) is 1.56. The lowest BCUT2D eigenvalue weighted by Crippen LogP contribution is -2.65. The van der Waals surface area contributed by atoms with Crippen LogP contribution in [0.5, 0.6) is 0 Å². The van der Waals surface area contributed by atoms with Gasteiger partial charge >= 0.3 is 18.3 Å². The zero-order valence-electron chi connectivity index (χ0n) is 11.2. The third-order valence-electron chi connectivity index (χ3n) is 2.12. The summed E-state index contributed by atoms with van der Waals surface area (Å²) in [5.41, 5.74) is -2.94. The molecule has 0 bridgehead atoms. The third-order valence-corrected chi connectivity index (χ3v) is 2.12. The lowest BCUT2D eigenvalue weighted by Gasteiger charge is -2.36. The number of alkyl carbamates (subject to hydrolysis) is 1. The van der Waals surface area contributed by atoms with Crippen LogP contribution in [0, 0.1) is 0 Å². The molecular formula is C11H16F3N3O3. The highest BCUT2D eigenvalue weighted by Gasteiger charge is 2.45. The van der Waals surface area contributed by atoms with Gasteiger partial charge < -0.3 is 15.4 Å². The first kappa shape index (κ1) is 16.1. The molecule has 0 saturated heterocycles. The molecule has 0 saturated carbocycles. The number of halogens is 3. The van der Waals surface area contributed by atoms with Crippen molar-refractivity contribution in [2.24, 2.45) is 0 Å². The summed E-state index contributed by atoms with van der Waals surface area (Å²) in [4.78, 5) is 22.8. The monoisotopic (exact) mass is 295 g/mol. The van der Waals surface area contributed by atoms with E-state index in [1.165, 1.54) is 0 Å². The second kappa shape index (κ2) is 5.22. The SMILES string of the molecule is CC(C)(C)OC(=O)NC1(CC(F)(F)F)C=CNC(=O)N1. The second-order valence-electron chi connectivity index (χ2n) is 5.32. The molecule has 0 radical (unpaired) electrons. The largest absolute Gasteiger partial charge is 0.444 e. The molecule has 0 aromatic rings. The molecule has 6 nitrogen and oxygen atoms in total. The average Bonchev–Trinajstić information content (AvgIpc) is 2.08. The number of carbonyl (C=O) groups is 2. The smallest absolute Gasteiger partial charge is 0.409 e. The summed E-state index contributed by atoms with van der Waals surface area (Å²) in [7, 11) is 0. The van der Waals surface area contributed by atoms with Crippen LogP contribution in [0.25, 0.3) is 0 Å². The summed E-state index contributed by atoms with van der Waals surface area (Å²) < 4.78 is 42.7. The van der Waals surface area contributed by atoms with Crippen molar-refractivity contribution in [3.05, 3.63) is 12.3 Å². The Balaban J connectivity index is 2.89. The molecule has 9 heteroatoms. The number of urea groups is 1. The molecule has 1 unspecified atom stereocenters. The number of amides is 3. The summed E-state index contributed by atoms with van der Waals surface area (Å²) >= 11 is 0. The van der Waals surface area contributed by atoms with Crippen LogP contribution in [0.15, 0.2) is 12.3 Å². The number of hydrogen-bond donors (Lipinski definition) is 3. The van der Waals surface area contributed by atoms with Gasteiger partial charge in [0.15, 0.2) is 0 Å². The van der Waals surface area contributed by atoms with Crippen molar-refractivity contribution in [1.82, 2.24) is 16.0 Å². The molecule has 3 N–H and O–H groups in total. The van der Waals surface area contributed by atoms with Gasteiger partial charge in [0, 0.05) is 6.20 Å². The van der Waals surface area contributed by atoms with E-state index in [0.717, 1.165) is 12.3 Å². The number of carbonyl (C=O) groups excluding carboxylic acids is 2. The zero-order valence-corrected chi connectivity index (χ0v) is 11.2. The first-order valence-electron chi connectivity index (χ1n) is 5.75. The molecule has 0 spiro atoms. The number of ether oxygens (including phenoxy) is 1. The Hall–Kier alpha value is -1.93. The van der Waals surface area contributed by atoms with Gasteiger partial charge in [-0.2, -0.15) is 13.2 Å². The van der Waals surface area contributed by atoms with Crippen molar-refractivity contribution in [1.29, 1.82) is 0 Å². The molecule has 0 aromatic heterocycles. The fourth-order valence-electron chi connectivity index (χ4n) is 1.56. The molecule has 0 aromatic carbocycles. The van der Waals surface area contributed by atoms with E-state index in [2.05, 4.69) is 5.32 Å². The lowest BCUT2D eigenvalue weighted by atomic mass is 10.0. The maximum atomic E-state index is 12.6. The van der Waals surface area contributed by atoms with Gasteiger partial charge in [-0.1, -0.05) is 0 Å². The van der Waals surface area contributed by atoms with Crippen LogP contribution in [0.2, 0.25) is 0 Å². The normalized spacial score (nSPS) is 22.8. The highest BCUT2D eigenvalue weighted by molar-refractivity contribution is 5.79. The minimum Gasteiger partial charge on any atom is -0.444 e. The number of hydrogen-bond acceptors (Lipinski definition) is 3. The highest BCUT2D eigenvalue weighted by atomic mass is 19.4. The Kier molecular flexibility index (Phi) is 4.21. The van der Waals surface area contributed by atoms with Gasteiger partial charge in [-0.15, -0.1) is 0 Å². The second-order valence-corrected chi connectivity index (χ2v) is 5.32. The molecule has 114 valence electrons. The molecule has 0 fully saturated rings. The standard InChI is InChI=1S/C11H16F3N3O3/c1-9(2,3)20-8(19)17-10(6-11(12,13)14)4-5-15-7(18)16-10/h4-5H,6H2,1-3H3,(H,17,19)(H2,15,16,18). The fraction of sp³-hybridized carbons (Fsp3) is 0.636. The van der Waals surface area contributed by atoms with E-state index in [1.54, 1.807) is 20.8 Å². The molecule has 1 aliphatic heterocycles. The van der Waals surface area contributed by atoms with Crippen LogP contribution in [0.1, 0.15) is 27.2 Å². The van der Waals surface area contributed by atoms with Gasteiger partial charge in [-0.25, -0.2) is 9.59 Å². The first-order valence-corrected chi connectivity index (χ1v) is 5.75. The highest BCUT2D eigenvalue weighted by Crippen LogP contribution is 2.28. The first-order chi connectivity index (χ1) is 8.91. The van der Waals surface area contributed by atoms with E-state index in [1.807, 2.05) is 10.6 Å². The predicted octanol–water partition coefficient (Wildman–Crippen LogP) is 1.99. The van der Waals surface area contributed by atoms with E-state index in [0.29, 0.717) is 0 Å². The van der Waals surface area contributed by atoms with Crippen molar-refractivity contribution in [2.45, 2.75) is 44.6 Å². The minimum absolute atomic E-state index is 0.854. The van der Waals surface area contributed by atoms with Crippen LogP contribution >= 0.6 is 0 Å². The van der Waals surface area contributed by atoms with Crippen molar-refractivity contribution in [3.63, 3.8) is 0 Å². The van der Waals surface area contributed by atoms with Crippen molar-refractivity contribution >= 4 is 12.1 Å². The molecule has 1 heterocycles.